The first-order valence-corrected chi connectivity index (χ1v) is 15.4. The average Bonchev–Trinajstić information content (AvgIpc) is 3.40. The van der Waals surface area contributed by atoms with E-state index < -0.39 is 46.7 Å². The summed E-state index contributed by atoms with van der Waals surface area (Å²) in [7, 11) is 2.51. The molecular weight excluding hydrogens is 552 g/mol. The van der Waals surface area contributed by atoms with Crippen LogP contribution in [0, 0.1) is 0 Å². The Morgan fingerprint density at radius 3 is 2.40 bits per heavy atom. The standard InChI is InChI=1S/C28H34N4O6S2/c1-28(2)23(27(37)38)32-24(34)20(14-16-6-4-3-5-7-16)30-25(35)21(15-39-40-28)31-26(36)22-19(12-13-29-22)17-8-10-18(33)11-9-17/h3-11,19-23,29,33H,12-15H2,1-2H3,(H,30,35)(H,31,36)(H,32,34)(H,37,38)/t19-,20?,21-,22+,23+/m1/s1. The summed E-state index contributed by atoms with van der Waals surface area (Å²) in [5, 5.41) is 31.0. The van der Waals surface area contributed by atoms with Crippen LogP contribution in [-0.4, -0.2) is 75.1 Å². The second-order valence-corrected chi connectivity index (χ2v) is 13.5. The fourth-order valence-corrected chi connectivity index (χ4v) is 7.72. The quantitative estimate of drug-likeness (QED) is 0.278. The Morgan fingerprint density at radius 2 is 1.73 bits per heavy atom. The predicted octanol–water partition coefficient (Wildman–Crippen LogP) is 1.79. The lowest BCUT2D eigenvalue weighted by Crippen LogP contribution is -2.59. The van der Waals surface area contributed by atoms with Gasteiger partial charge in [-0.15, -0.1) is 0 Å². The zero-order valence-electron chi connectivity index (χ0n) is 22.3. The number of carboxylic acids is 1. The summed E-state index contributed by atoms with van der Waals surface area (Å²) < 4.78 is -0.914. The van der Waals surface area contributed by atoms with Crippen LogP contribution >= 0.6 is 21.6 Å². The number of carbonyl (C=O) groups excluding carboxylic acids is 3. The first-order valence-electron chi connectivity index (χ1n) is 13.1. The summed E-state index contributed by atoms with van der Waals surface area (Å²) >= 11 is 0. The predicted molar refractivity (Wildman–Crippen MR) is 155 cm³/mol. The van der Waals surface area contributed by atoms with Crippen molar-refractivity contribution in [3.8, 4) is 5.75 Å². The summed E-state index contributed by atoms with van der Waals surface area (Å²) in [6, 6.07) is 12.1. The van der Waals surface area contributed by atoms with E-state index in [4.69, 9.17) is 0 Å². The Labute approximate surface area is 240 Å². The molecule has 0 spiro atoms. The van der Waals surface area contributed by atoms with Crippen molar-refractivity contribution < 1.29 is 29.4 Å². The Balaban J connectivity index is 1.56. The van der Waals surface area contributed by atoms with Crippen LogP contribution in [0.15, 0.2) is 54.6 Å². The van der Waals surface area contributed by atoms with Gasteiger partial charge in [0.15, 0.2) is 0 Å². The van der Waals surface area contributed by atoms with Crippen molar-refractivity contribution in [3.05, 3.63) is 65.7 Å². The van der Waals surface area contributed by atoms with E-state index >= 15 is 0 Å². The summed E-state index contributed by atoms with van der Waals surface area (Å²) in [4.78, 5) is 52.4. The van der Waals surface area contributed by atoms with Crippen molar-refractivity contribution in [1.29, 1.82) is 0 Å². The molecule has 2 aliphatic heterocycles. The molecule has 0 aromatic heterocycles. The number of amides is 3. The summed E-state index contributed by atoms with van der Waals surface area (Å²) in [5.74, 6) is -2.48. The molecular formula is C28H34N4O6S2. The van der Waals surface area contributed by atoms with Gasteiger partial charge in [0.1, 0.15) is 23.9 Å². The van der Waals surface area contributed by atoms with Gasteiger partial charge in [-0.05, 0) is 50.1 Å². The van der Waals surface area contributed by atoms with E-state index in [-0.39, 0.29) is 29.7 Å². The Morgan fingerprint density at radius 1 is 1.02 bits per heavy atom. The van der Waals surface area contributed by atoms with Gasteiger partial charge in [-0.2, -0.15) is 0 Å². The van der Waals surface area contributed by atoms with Crippen LogP contribution in [0.1, 0.15) is 37.3 Å². The molecule has 2 heterocycles. The number of aliphatic carboxylic acids is 1. The Bertz CT molecular complexity index is 1230. The molecule has 0 saturated carbocycles. The summed E-state index contributed by atoms with van der Waals surface area (Å²) in [6.07, 6.45) is 0.869. The number of rotatable bonds is 6. The number of carboxylic acid groups (broad SMARTS) is 1. The molecule has 12 heteroatoms. The van der Waals surface area contributed by atoms with Gasteiger partial charge in [0.05, 0.1) is 10.8 Å². The summed E-state index contributed by atoms with van der Waals surface area (Å²) in [6.45, 7) is 4.07. The molecule has 40 heavy (non-hydrogen) atoms. The largest absolute Gasteiger partial charge is 0.508 e. The molecule has 6 N–H and O–H groups in total. The molecule has 2 aromatic rings. The van der Waals surface area contributed by atoms with Gasteiger partial charge in [0.2, 0.25) is 17.7 Å². The number of benzene rings is 2. The molecule has 1 unspecified atom stereocenters. The SMILES string of the molecule is CC1(C)SSC[C@@H](NC(=O)[C@H]2NCC[C@@H]2c2ccc(O)cc2)C(=O)NC(Cc2ccccc2)C(=O)N[C@H]1C(=O)O. The topological polar surface area (TPSA) is 157 Å². The van der Waals surface area contributed by atoms with Crippen LogP contribution in [-0.2, 0) is 25.6 Å². The molecule has 2 saturated heterocycles. The molecule has 2 fully saturated rings. The van der Waals surface area contributed by atoms with Gasteiger partial charge >= 0.3 is 5.97 Å². The molecule has 2 aliphatic rings. The third kappa shape index (κ3) is 7.29. The molecule has 0 aliphatic carbocycles. The van der Waals surface area contributed by atoms with Crippen LogP contribution in [0.3, 0.4) is 0 Å². The highest BCUT2D eigenvalue weighted by atomic mass is 33.1. The van der Waals surface area contributed by atoms with Crippen LogP contribution in [0.4, 0.5) is 0 Å². The second-order valence-electron chi connectivity index (χ2n) is 10.5. The van der Waals surface area contributed by atoms with E-state index in [9.17, 15) is 29.4 Å². The highest BCUT2D eigenvalue weighted by Crippen LogP contribution is 2.39. The minimum absolute atomic E-state index is 0.139. The highest BCUT2D eigenvalue weighted by molar-refractivity contribution is 8.77. The lowest BCUT2D eigenvalue weighted by Gasteiger charge is -2.31. The summed E-state index contributed by atoms with van der Waals surface area (Å²) in [5.41, 5.74) is 1.70. The van der Waals surface area contributed by atoms with Crippen LogP contribution < -0.4 is 21.3 Å². The van der Waals surface area contributed by atoms with Gasteiger partial charge < -0.3 is 31.5 Å². The lowest BCUT2D eigenvalue weighted by molar-refractivity contribution is -0.143. The average molecular weight is 587 g/mol. The molecule has 3 amide bonds. The van der Waals surface area contributed by atoms with Crippen molar-refractivity contribution in [1.82, 2.24) is 21.3 Å². The molecule has 214 valence electrons. The Kier molecular flexibility index (Phi) is 9.64. The number of aromatic hydroxyl groups is 1. The smallest absolute Gasteiger partial charge is 0.327 e. The van der Waals surface area contributed by atoms with E-state index in [2.05, 4.69) is 21.3 Å². The van der Waals surface area contributed by atoms with Crippen molar-refractivity contribution in [2.24, 2.45) is 0 Å². The maximum absolute atomic E-state index is 13.5. The van der Waals surface area contributed by atoms with E-state index in [0.29, 0.717) is 13.0 Å². The van der Waals surface area contributed by atoms with E-state index in [0.717, 1.165) is 11.1 Å². The van der Waals surface area contributed by atoms with Crippen molar-refractivity contribution in [2.75, 3.05) is 12.3 Å². The number of carbonyl (C=O) groups is 4. The van der Waals surface area contributed by atoms with Crippen molar-refractivity contribution in [2.45, 2.75) is 61.5 Å². The molecule has 4 rings (SSSR count). The zero-order valence-corrected chi connectivity index (χ0v) is 23.9. The van der Waals surface area contributed by atoms with Crippen LogP contribution in [0.2, 0.25) is 0 Å². The molecule has 2 aromatic carbocycles. The molecule has 10 nitrogen and oxygen atoms in total. The molecule has 0 bridgehead atoms. The van der Waals surface area contributed by atoms with Crippen molar-refractivity contribution in [3.63, 3.8) is 0 Å². The van der Waals surface area contributed by atoms with Gasteiger partial charge in [-0.25, -0.2) is 4.79 Å². The minimum Gasteiger partial charge on any atom is -0.508 e. The first kappa shape index (κ1) is 29.8. The van der Waals surface area contributed by atoms with Gasteiger partial charge in [0.25, 0.3) is 0 Å². The highest BCUT2D eigenvalue weighted by Gasteiger charge is 2.41. The fraction of sp³-hybridized carbons (Fsp3) is 0.429. The van der Waals surface area contributed by atoms with Gasteiger partial charge in [-0.3, -0.25) is 14.4 Å². The maximum Gasteiger partial charge on any atom is 0.327 e. The normalized spacial score (nSPS) is 27.1. The fourth-order valence-electron chi connectivity index (χ4n) is 4.91. The second kappa shape index (κ2) is 13.0. The van der Waals surface area contributed by atoms with E-state index in [1.165, 1.54) is 21.6 Å². The minimum atomic E-state index is -1.20. The number of phenols is 1. The Hall–Kier alpha value is -3.22. The molecule has 5 atom stereocenters. The van der Waals surface area contributed by atoms with E-state index in [1.54, 1.807) is 38.1 Å². The number of hydrogen-bond donors (Lipinski definition) is 6. The van der Waals surface area contributed by atoms with E-state index in [1.807, 2.05) is 30.3 Å². The molecule has 0 radical (unpaired) electrons. The van der Waals surface area contributed by atoms with Gasteiger partial charge in [0, 0.05) is 18.1 Å². The van der Waals surface area contributed by atoms with Crippen molar-refractivity contribution >= 4 is 45.3 Å². The first-order chi connectivity index (χ1) is 19.0. The third-order valence-corrected chi connectivity index (χ3v) is 10.4. The number of phenolic OH excluding ortho intramolecular Hbond substituents is 1. The maximum atomic E-state index is 13.5. The van der Waals surface area contributed by atoms with Crippen LogP contribution in [0.25, 0.3) is 0 Å². The number of nitrogens with one attached hydrogen (secondary N) is 4. The third-order valence-electron chi connectivity index (χ3n) is 7.11. The van der Waals surface area contributed by atoms with Crippen LogP contribution in [0.5, 0.6) is 5.75 Å². The number of hydrogen-bond acceptors (Lipinski definition) is 8. The zero-order chi connectivity index (χ0) is 28.9. The monoisotopic (exact) mass is 586 g/mol. The van der Waals surface area contributed by atoms with Gasteiger partial charge in [-0.1, -0.05) is 64.1 Å². The lowest BCUT2D eigenvalue weighted by atomic mass is 9.91.